The van der Waals surface area contributed by atoms with Crippen molar-refractivity contribution in [1.82, 2.24) is 4.98 Å². The van der Waals surface area contributed by atoms with Crippen molar-refractivity contribution in [3.05, 3.63) is 53.2 Å². The number of nitrogens with one attached hydrogen (secondary N) is 1. The number of sulfone groups is 1. The molecule has 0 fully saturated rings. The molecule has 21 heavy (non-hydrogen) atoms. The van der Waals surface area contributed by atoms with Crippen LogP contribution < -0.4 is 5.32 Å². The molecular weight excluding hydrogens is 288 g/mol. The standard InChI is InChI=1S/C15H16N2O3S/c1-10-7-8-12(21(3,19)20)9-13(10)15(18)17-14-6-4-5-11(2)16-14/h4-9H,1-3H3,(H,16,17,18). The van der Waals surface area contributed by atoms with Crippen molar-refractivity contribution in [3.8, 4) is 0 Å². The first-order chi connectivity index (χ1) is 9.77. The number of hydrogen-bond acceptors (Lipinski definition) is 4. The average molecular weight is 304 g/mol. The van der Waals surface area contributed by atoms with Crippen LogP contribution in [0.25, 0.3) is 0 Å². The summed E-state index contributed by atoms with van der Waals surface area (Å²) in [7, 11) is -3.35. The molecule has 0 bridgehead atoms. The fourth-order valence-electron chi connectivity index (χ4n) is 1.87. The molecule has 0 aliphatic heterocycles. The molecule has 2 aromatic rings. The lowest BCUT2D eigenvalue weighted by atomic mass is 10.1. The number of benzene rings is 1. The smallest absolute Gasteiger partial charge is 0.257 e. The van der Waals surface area contributed by atoms with Crippen molar-refractivity contribution in [2.45, 2.75) is 18.7 Å². The first kappa shape index (κ1) is 15.2. The Hall–Kier alpha value is -2.21. The lowest BCUT2D eigenvalue weighted by Crippen LogP contribution is -2.15. The first-order valence-electron chi connectivity index (χ1n) is 6.33. The summed E-state index contributed by atoms with van der Waals surface area (Å²) in [4.78, 5) is 16.6. The average Bonchev–Trinajstić information content (AvgIpc) is 2.37. The van der Waals surface area contributed by atoms with Crippen LogP contribution in [0.3, 0.4) is 0 Å². The molecule has 0 spiro atoms. The second-order valence-corrected chi connectivity index (χ2v) is 6.88. The number of carbonyl (C=O) groups is 1. The fourth-order valence-corrected chi connectivity index (χ4v) is 2.52. The lowest BCUT2D eigenvalue weighted by molar-refractivity contribution is 0.102. The number of aromatic nitrogens is 1. The molecule has 1 aromatic carbocycles. The van der Waals surface area contributed by atoms with Crippen LogP contribution in [0.4, 0.5) is 5.82 Å². The van der Waals surface area contributed by atoms with E-state index in [1.54, 1.807) is 25.1 Å². The van der Waals surface area contributed by atoms with E-state index in [9.17, 15) is 13.2 Å². The Morgan fingerprint density at radius 3 is 2.48 bits per heavy atom. The van der Waals surface area contributed by atoms with Gasteiger partial charge in [0.2, 0.25) is 0 Å². The highest BCUT2D eigenvalue weighted by Gasteiger charge is 2.15. The predicted molar refractivity (Wildman–Crippen MR) is 81.2 cm³/mol. The van der Waals surface area contributed by atoms with Gasteiger partial charge in [-0.2, -0.15) is 0 Å². The summed E-state index contributed by atoms with van der Waals surface area (Å²) in [6.45, 7) is 3.58. The van der Waals surface area contributed by atoms with E-state index in [-0.39, 0.29) is 10.8 Å². The molecule has 0 aliphatic carbocycles. The van der Waals surface area contributed by atoms with E-state index in [0.717, 1.165) is 11.9 Å². The van der Waals surface area contributed by atoms with Crippen molar-refractivity contribution in [1.29, 1.82) is 0 Å². The summed E-state index contributed by atoms with van der Waals surface area (Å²) in [5.41, 5.74) is 1.81. The maximum atomic E-state index is 12.3. The fraction of sp³-hybridized carbons (Fsp3) is 0.200. The minimum atomic E-state index is -3.35. The third-order valence-electron chi connectivity index (χ3n) is 3.01. The van der Waals surface area contributed by atoms with Crippen LogP contribution in [0.1, 0.15) is 21.6 Å². The molecule has 0 saturated heterocycles. The van der Waals surface area contributed by atoms with Gasteiger partial charge in [-0.05, 0) is 43.7 Å². The Morgan fingerprint density at radius 1 is 1.14 bits per heavy atom. The Morgan fingerprint density at radius 2 is 1.86 bits per heavy atom. The van der Waals surface area contributed by atoms with E-state index in [1.807, 2.05) is 13.0 Å². The van der Waals surface area contributed by atoms with Crippen LogP contribution in [-0.2, 0) is 9.84 Å². The maximum absolute atomic E-state index is 12.3. The first-order valence-corrected chi connectivity index (χ1v) is 8.22. The number of hydrogen-bond donors (Lipinski definition) is 1. The molecule has 0 atom stereocenters. The van der Waals surface area contributed by atoms with Crippen molar-refractivity contribution >= 4 is 21.6 Å². The largest absolute Gasteiger partial charge is 0.307 e. The molecule has 1 N–H and O–H groups in total. The molecule has 6 heteroatoms. The van der Waals surface area contributed by atoms with Gasteiger partial charge in [-0.3, -0.25) is 4.79 Å². The number of amides is 1. The number of aryl methyl sites for hydroxylation is 2. The Kier molecular flexibility index (Phi) is 4.09. The van der Waals surface area contributed by atoms with Gasteiger partial charge in [0.15, 0.2) is 9.84 Å². The zero-order chi connectivity index (χ0) is 15.6. The lowest BCUT2D eigenvalue weighted by Gasteiger charge is -2.09. The molecule has 110 valence electrons. The minimum Gasteiger partial charge on any atom is -0.307 e. The van der Waals surface area contributed by atoms with Crippen LogP contribution in [0.5, 0.6) is 0 Å². The third-order valence-corrected chi connectivity index (χ3v) is 4.12. The molecule has 0 radical (unpaired) electrons. The molecular formula is C15H16N2O3S. The molecule has 0 unspecified atom stereocenters. The van der Waals surface area contributed by atoms with Gasteiger partial charge in [0, 0.05) is 17.5 Å². The van der Waals surface area contributed by atoms with E-state index >= 15 is 0 Å². The van der Waals surface area contributed by atoms with Crippen molar-refractivity contribution in [2.75, 3.05) is 11.6 Å². The number of nitrogens with zero attached hydrogens (tertiary/aromatic N) is 1. The zero-order valence-corrected chi connectivity index (χ0v) is 12.9. The van der Waals surface area contributed by atoms with Gasteiger partial charge >= 0.3 is 0 Å². The highest BCUT2D eigenvalue weighted by atomic mass is 32.2. The maximum Gasteiger partial charge on any atom is 0.257 e. The minimum absolute atomic E-state index is 0.121. The van der Waals surface area contributed by atoms with Crippen molar-refractivity contribution in [3.63, 3.8) is 0 Å². The second-order valence-electron chi connectivity index (χ2n) is 4.87. The third kappa shape index (κ3) is 3.66. The van der Waals surface area contributed by atoms with Crippen LogP contribution >= 0.6 is 0 Å². The second kappa shape index (κ2) is 5.65. The molecule has 5 nitrogen and oxygen atoms in total. The number of anilines is 1. The number of carbonyl (C=O) groups excluding carboxylic acids is 1. The van der Waals surface area contributed by atoms with Crippen LogP contribution in [0, 0.1) is 13.8 Å². The van der Waals surface area contributed by atoms with Gasteiger partial charge in [0.05, 0.1) is 4.90 Å². The van der Waals surface area contributed by atoms with Gasteiger partial charge in [0.25, 0.3) is 5.91 Å². The summed E-state index contributed by atoms with van der Waals surface area (Å²) in [6.07, 6.45) is 1.11. The summed E-state index contributed by atoms with van der Waals surface area (Å²) >= 11 is 0. The van der Waals surface area contributed by atoms with Gasteiger partial charge in [-0.1, -0.05) is 12.1 Å². The van der Waals surface area contributed by atoms with E-state index < -0.39 is 9.84 Å². The number of pyridine rings is 1. The SMILES string of the molecule is Cc1cccc(NC(=O)c2cc(S(C)(=O)=O)ccc2C)n1. The predicted octanol–water partition coefficient (Wildman–Crippen LogP) is 2.35. The van der Waals surface area contributed by atoms with Crippen molar-refractivity contribution in [2.24, 2.45) is 0 Å². The molecule has 1 amide bonds. The summed E-state index contributed by atoms with van der Waals surface area (Å²) in [5.74, 6) is 0.0558. The summed E-state index contributed by atoms with van der Waals surface area (Å²) in [6, 6.07) is 9.79. The van der Waals surface area contributed by atoms with Gasteiger partial charge in [-0.15, -0.1) is 0 Å². The van der Waals surface area contributed by atoms with E-state index in [0.29, 0.717) is 16.9 Å². The molecule has 0 aliphatic rings. The monoisotopic (exact) mass is 304 g/mol. The van der Waals surface area contributed by atoms with Gasteiger partial charge in [0.1, 0.15) is 5.82 Å². The van der Waals surface area contributed by atoms with Crippen LogP contribution in [0.15, 0.2) is 41.3 Å². The Labute approximate surface area is 124 Å². The van der Waals surface area contributed by atoms with E-state index in [2.05, 4.69) is 10.3 Å². The topological polar surface area (TPSA) is 76.1 Å². The molecule has 0 saturated carbocycles. The number of rotatable bonds is 3. The summed E-state index contributed by atoms with van der Waals surface area (Å²) < 4.78 is 23.2. The van der Waals surface area contributed by atoms with Crippen LogP contribution in [0.2, 0.25) is 0 Å². The highest BCUT2D eigenvalue weighted by molar-refractivity contribution is 7.90. The van der Waals surface area contributed by atoms with Crippen molar-refractivity contribution < 1.29 is 13.2 Å². The van der Waals surface area contributed by atoms with E-state index in [1.165, 1.54) is 12.1 Å². The van der Waals surface area contributed by atoms with Gasteiger partial charge in [-0.25, -0.2) is 13.4 Å². The zero-order valence-electron chi connectivity index (χ0n) is 12.0. The quantitative estimate of drug-likeness (QED) is 0.944. The summed E-state index contributed by atoms with van der Waals surface area (Å²) in [5, 5.41) is 2.67. The normalized spacial score (nSPS) is 11.2. The molecule has 2 rings (SSSR count). The van der Waals surface area contributed by atoms with Gasteiger partial charge < -0.3 is 5.32 Å². The Bertz CT molecular complexity index is 798. The molecule has 1 aromatic heterocycles. The van der Waals surface area contributed by atoms with Crippen LogP contribution in [-0.4, -0.2) is 25.6 Å². The van der Waals surface area contributed by atoms with E-state index in [4.69, 9.17) is 0 Å². The molecule has 1 heterocycles. The Balaban J connectivity index is 2.35. The highest BCUT2D eigenvalue weighted by Crippen LogP contribution is 2.17.